The highest BCUT2D eigenvalue weighted by molar-refractivity contribution is 5.94. The van der Waals surface area contributed by atoms with Gasteiger partial charge in [0.1, 0.15) is 17.5 Å². The maximum Gasteiger partial charge on any atom is 0.384 e. The zero-order chi connectivity index (χ0) is 19.8. The predicted octanol–water partition coefficient (Wildman–Crippen LogP) is 1.27. The summed E-state index contributed by atoms with van der Waals surface area (Å²) in [6, 6.07) is 6.06. The molecule has 2 aromatic heterocycles. The van der Waals surface area contributed by atoms with E-state index >= 15 is 0 Å². The number of aromatic nitrogens is 3. The van der Waals surface area contributed by atoms with Crippen LogP contribution in [0.3, 0.4) is 0 Å². The SMILES string of the molecule is O=C(c1cc(F)cc(F)c1)N1CCN(c2nc(=O)n(O)c3ncccc23)CC1. The van der Waals surface area contributed by atoms with Crippen LogP contribution in [0.15, 0.2) is 41.3 Å². The fourth-order valence-electron chi connectivity index (χ4n) is 3.25. The second-order valence-corrected chi connectivity index (χ2v) is 6.34. The molecule has 1 aliphatic heterocycles. The van der Waals surface area contributed by atoms with Crippen molar-refractivity contribution in [3.05, 3.63) is 64.2 Å². The van der Waals surface area contributed by atoms with Gasteiger partial charge in [-0.3, -0.25) is 4.79 Å². The molecule has 0 aliphatic carbocycles. The second kappa shape index (κ2) is 6.87. The van der Waals surface area contributed by atoms with Crippen LogP contribution in [0, 0.1) is 11.6 Å². The summed E-state index contributed by atoms with van der Waals surface area (Å²) in [5.74, 6) is -1.73. The number of hydrogen-bond donors (Lipinski definition) is 1. The molecular weight excluding hydrogens is 372 g/mol. The molecule has 1 saturated heterocycles. The van der Waals surface area contributed by atoms with E-state index in [0.717, 1.165) is 12.1 Å². The average Bonchev–Trinajstić information content (AvgIpc) is 2.69. The van der Waals surface area contributed by atoms with Crippen molar-refractivity contribution >= 4 is 22.8 Å². The van der Waals surface area contributed by atoms with Gasteiger partial charge in [0.15, 0.2) is 5.65 Å². The molecular formula is C18H15F2N5O3. The molecule has 0 radical (unpaired) electrons. The molecule has 4 rings (SSSR count). The van der Waals surface area contributed by atoms with Crippen molar-refractivity contribution in [1.82, 2.24) is 19.6 Å². The number of nitrogens with zero attached hydrogens (tertiary/aromatic N) is 5. The minimum Gasteiger partial charge on any atom is -0.422 e. The molecule has 1 N–H and O–H groups in total. The first-order valence-electron chi connectivity index (χ1n) is 8.51. The lowest BCUT2D eigenvalue weighted by Gasteiger charge is -2.35. The zero-order valence-corrected chi connectivity index (χ0v) is 14.5. The van der Waals surface area contributed by atoms with Gasteiger partial charge in [0.25, 0.3) is 5.91 Å². The minimum absolute atomic E-state index is 0.0541. The highest BCUT2D eigenvalue weighted by Crippen LogP contribution is 2.22. The first-order valence-corrected chi connectivity index (χ1v) is 8.51. The van der Waals surface area contributed by atoms with Gasteiger partial charge < -0.3 is 15.0 Å². The second-order valence-electron chi connectivity index (χ2n) is 6.34. The first-order chi connectivity index (χ1) is 13.4. The van der Waals surface area contributed by atoms with Crippen molar-refractivity contribution in [2.45, 2.75) is 0 Å². The third kappa shape index (κ3) is 3.13. The number of carbonyl (C=O) groups excluding carboxylic acids is 1. The van der Waals surface area contributed by atoms with Crippen molar-refractivity contribution in [1.29, 1.82) is 0 Å². The molecule has 1 fully saturated rings. The molecule has 0 saturated carbocycles. The lowest BCUT2D eigenvalue weighted by molar-refractivity contribution is 0.0745. The predicted molar refractivity (Wildman–Crippen MR) is 95.5 cm³/mol. The van der Waals surface area contributed by atoms with E-state index in [1.54, 1.807) is 17.0 Å². The van der Waals surface area contributed by atoms with E-state index in [1.807, 2.05) is 0 Å². The van der Waals surface area contributed by atoms with E-state index in [0.29, 0.717) is 35.1 Å². The quantitative estimate of drug-likeness (QED) is 0.666. The Bertz CT molecular complexity index is 1110. The van der Waals surface area contributed by atoms with Gasteiger partial charge in [-0.2, -0.15) is 4.98 Å². The molecule has 8 nitrogen and oxygen atoms in total. The Hall–Kier alpha value is -3.56. The lowest BCUT2D eigenvalue weighted by Crippen LogP contribution is -2.49. The summed E-state index contributed by atoms with van der Waals surface area (Å²) in [6.45, 7) is 1.27. The Morgan fingerprint density at radius 3 is 2.43 bits per heavy atom. The molecule has 0 unspecified atom stereocenters. The van der Waals surface area contributed by atoms with Crippen molar-refractivity contribution in [2.24, 2.45) is 0 Å². The summed E-state index contributed by atoms with van der Waals surface area (Å²) in [4.78, 5) is 35.7. The van der Waals surface area contributed by atoms with Crippen LogP contribution >= 0.6 is 0 Å². The zero-order valence-electron chi connectivity index (χ0n) is 14.5. The average molecular weight is 387 g/mol. The Balaban J connectivity index is 1.57. The first kappa shape index (κ1) is 17.8. The highest BCUT2D eigenvalue weighted by atomic mass is 19.1. The number of pyridine rings is 1. The summed E-state index contributed by atoms with van der Waals surface area (Å²) in [5.41, 5.74) is -0.817. The smallest absolute Gasteiger partial charge is 0.384 e. The number of fused-ring (bicyclic) bond motifs is 1. The number of rotatable bonds is 2. The number of hydrogen-bond acceptors (Lipinski definition) is 6. The van der Waals surface area contributed by atoms with E-state index in [1.165, 1.54) is 11.1 Å². The molecule has 144 valence electrons. The maximum absolute atomic E-state index is 13.4. The molecule has 10 heteroatoms. The van der Waals surface area contributed by atoms with Crippen molar-refractivity contribution in [3.63, 3.8) is 0 Å². The van der Waals surface area contributed by atoms with Gasteiger partial charge >= 0.3 is 5.69 Å². The number of benzene rings is 1. The molecule has 28 heavy (non-hydrogen) atoms. The van der Waals surface area contributed by atoms with Crippen LogP contribution in [0.5, 0.6) is 0 Å². The fraction of sp³-hybridized carbons (Fsp3) is 0.222. The monoisotopic (exact) mass is 387 g/mol. The van der Waals surface area contributed by atoms with E-state index in [9.17, 15) is 23.6 Å². The lowest BCUT2D eigenvalue weighted by atomic mass is 10.1. The number of carbonyl (C=O) groups is 1. The van der Waals surface area contributed by atoms with Crippen LogP contribution in [0.4, 0.5) is 14.6 Å². The third-order valence-electron chi connectivity index (χ3n) is 4.59. The summed E-state index contributed by atoms with van der Waals surface area (Å²) >= 11 is 0. The van der Waals surface area contributed by atoms with Crippen LogP contribution in [-0.4, -0.2) is 56.9 Å². The number of halogens is 2. The van der Waals surface area contributed by atoms with Crippen LogP contribution in [-0.2, 0) is 0 Å². The topological polar surface area (TPSA) is 91.6 Å². The normalized spacial score (nSPS) is 14.5. The molecule has 0 spiro atoms. The van der Waals surface area contributed by atoms with Crippen molar-refractivity contribution < 1.29 is 18.8 Å². The molecule has 3 heterocycles. The van der Waals surface area contributed by atoms with Crippen molar-refractivity contribution in [3.8, 4) is 0 Å². The summed E-state index contributed by atoms with van der Waals surface area (Å²) in [5, 5.41) is 10.3. The van der Waals surface area contributed by atoms with Gasteiger partial charge in [-0.15, -0.1) is 4.73 Å². The van der Waals surface area contributed by atoms with Crippen molar-refractivity contribution in [2.75, 3.05) is 31.1 Å². The van der Waals surface area contributed by atoms with Gasteiger partial charge in [0.2, 0.25) is 0 Å². The summed E-state index contributed by atoms with van der Waals surface area (Å²) < 4.78 is 27.1. The van der Waals surface area contributed by atoms with Crippen LogP contribution in [0.25, 0.3) is 11.0 Å². The Morgan fingerprint density at radius 1 is 1.07 bits per heavy atom. The summed E-state index contributed by atoms with van der Waals surface area (Å²) in [6.07, 6.45) is 1.45. The minimum atomic E-state index is -0.852. The van der Waals surface area contributed by atoms with Gasteiger partial charge in [0.05, 0.1) is 5.39 Å². The third-order valence-corrected chi connectivity index (χ3v) is 4.59. The standard InChI is InChI=1S/C18H15F2N5O3/c19-12-8-11(9-13(20)10-12)17(26)24-6-4-23(5-7-24)16-14-2-1-3-21-15(14)25(28)18(27)22-16/h1-3,8-10,28H,4-7H2. The van der Waals surface area contributed by atoms with E-state index in [2.05, 4.69) is 9.97 Å². The molecule has 0 bridgehead atoms. The van der Waals surface area contributed by atoms with Gasteiger partial charge in [-0.25, -0.2) is 18.6 Å². The van der Waals surface area contributed by atoms with Crippen LogP contribution in [0.2, 0.25) is 0 Å². The fourth-order valence-corrected chi connectivity index (χ4v) is 3.25. The van der Waals surface area contributed by atoms with Crippen LogP contribution in [0.1, 0.15) is 10.4 Å². The molecule has 1 amide bonds. The Morgan fingerprint density at radius 2 is 1.75 bits per heavy atom. The van der Waals surface area contributed by atoms with Gasteiger partial charge in [-0.05, 0) is 24.3 Å². The van der Waals surface area contributed by atoms with Crippen LogP contribution < -0.4 is 10.6 Å². The Labute approximate surface area is 157 Å². The molecule has 1 aliphatic rings. The maximum atomic E-state index is 13.4. The molecule has 1 aromatic carbocycles. The number of amides is 1. The molecule has 0 atom stereocenters. The van der Waals surface area contributed by atoms with E-state index in [4.69, 9.17) is 0 Å². The highest BCUT2D eigenvalue weighted by Gasteiger charge is 2.25. The molecule has 3 aromatic rings. The van der Waals surface area contributed by atoms with E-state index in [-0.39, 0.29) is 24.3 Å². The number of piperazine rings is 1. The van der Waals surface area contributed by atoms with Gasteiger partial charge in [-0.1, -0.05) is 0 Å². The van der Waals surface area contributed by atoms with Gasteiger partial charge in [0, 0.05) is 44.0 Å². The largest absolute Gasteiger partial charge is 0.422 e. The van der Waals surface area contributed by atoms with E-state index < -0.39 is 23.2 Å². The summed E-state index contributed by atoms with van der Waals surface area (Å²) in [7, 11) is 0. The Kier molecular flexibility index (Phi) is 4.38. The number of anilines is 1.